The topological polar surface area (TPSA) is 103 Å². The lowest BCUT2D eigenvalue weighted by molar-refractivity contribution is -0.125. The Morgan fingerprint density at radius 3 is 2.83 bits per heavy atom. The lowest BCUT2D eigenvalue weighted by Crippen LogP contribution is -2.44. The molecule has 1 aliphatic rings. The summed E-state index contributed by atoms with van der Waals surface area (Å²) < 4.78 is 13.4. The molecule has 148 valence electrons. The van der Waals surface area contributed by atoms with Gasteiger partial charge in [0, 0.05) is 23.6 Å². The highest BCUT2D eigenvalue weighted by atomic mass is 19.1. The van der Waals surface area contributed by atoms with E-state index in [0.717, 1.165) is 16.5 Å². The number of aromatic amines is 1. The molecule has 8 heteroatoms. The van der Waals surface area contributed by atoms with E-state index >= 15 is 0 Å². The molecule has 0 saturated carbocycles. The molecule has 29 heavy (non-hydrogen) atoms. The van der Waals surface area contributed by atoms with E-state index in [1.807, 2.05) is 0 Å². The highest BCUT2D eigenvalue weighted by Crippen LogP contribution is 2.20. The first-order valence-corrected chi connectivity index (χ1v) is 9.24. The molecule has 7 nitrogen and oxygen atoms in total. The zero-order chi connectivity index (χ0) is 20.4. The molecule has 2 heterocycles. The Labute approximate surface area is 165 Å². The molecule has 3 aromatic rings. The minimum Gasteiger partial charge on any atom is -0.361 e. The smallest absolute Gasteiger partial charge is 0.254 e. The number of para-hydroxylation sites is 1. The molecule has 1 aliphatic heterocycles. The van der Waals surface area contributed by atoms with Crippen LogP contribution in [0.15, 0.2) is 48.7 Å². The minimum atomic E-state index is -0.961. The highest BCUT2D eigenvalue weighted by Gasteiger charge is 2.29. The first kappa shape index (κ1) is 18.7. The predicted molar refractivity (Wildman–Crippen MR) is 106 cm³/mol. The van der Waals surface area contributed by atoms with Crippen LogP contribution in [-0.2, 0) is 16.0 Å². The van der Waals surface area contributed by atoms with Crippen LogP contribution in [0.2, 0.25) is 0 Å². The number of H-pyrrole nitrogens is 1. The van der Waals surface area contributed by atoms with Gasteiger partial charge in [0.2, 0.25) is 11.8 Å². The third kappa shape index (κ3) is 3.96. The molecule has 0 saturated heterocycles. The molecule has 4 rings (SSSR count). The fourth-order valence-electron chi connectivity index (χ4n) is 3.41. The Morgan fingerprint density at radius 2 is 1.97 bits per heavy atom. The number of hydrogen-bond acceptors (Lipinski definition) is 3. The molecule has 1 aromatic heterocycles. The Hall–Kier alpha value is -3.68. The summed E-state index contributed by atoms with van der Waals surface area (Å²) in [5, 5.41) is 8.78. The Bertz CT molecular complexity index is 1110. The fourth-order valence-corrected chi connectivity index (χ4v) is 3.41. The maximum absolute atomic E-state index is 13.4. The van der Waals surface area contributed by atoms with E-state index < -0.39 is 17.9 Å². The van der Waals surface area contributed by atoms with Crippen LogP contribution in [0, 0.1) is 5.82 Å². The number of halogens is 1. The van der Waals surface area contributed by atoms with Gasteiger partial charge in [-0.2, -0.15) is 0 Å². The summed E-state index contributed by atoms with van der Waals surface area (Å²) >= 11 is 0. The van der Waals surface area contributed by atoms with Crippen molar-refractivity contribution in [2.24, 2.45) is 0 Å². The summed E-state index contributed by atoms with van der Waals surface area (Å²) in [4.78, 5) is 40.0. The third-order valence-electron chi connectivity index (χ3n) is 4.89. The monoisotopic (exact) mass is 394 g/mol. The average molecular weight is 394 g/mol. The highest BCUT2D eigenvalue weighted by molar-refractivity contribution is 6.10. The van der Waals surface area contributed by atoms with Crippen molar-refractivity contribution in [1.29, 1.82) is 0 Å². The maximum Gasteiger partial charge on any atom is 0.254 e. The summed E-state index contributed by atoms with van der Waals surface area (Å²) in [6.07, 6.45) is 2.12. The number of rotatable bonds is 5. The van der Waals surface area contributed by atoms with Gasteiger partial charge in [-0.3, -0.25) is 14.4 Å². The number of amides is 3. The molecule has 0 radical (unpaired) electrons. The molecule has 1 atom stereocenters. The van der Waals surface area contributed by atoms with E-state index in [1.54, 1.807) is 36.5 Å². The number of anilines is 1. The summed E-state index contributed by atoms with van der Waals surface area (Å²) in [6.45, 7) is 0.324. The normalized spacial score (nSPS) is 16.0. The molecular weight excluding hydrogens is 375 g/mol. The number of nitrogens with one attached hydrogen (secondary N) is 4. The van der Waals surface area contributed by atoms with Gasteiger partial charge in [-0.05, 0) is 42.3 Å². The number of carbonyl (C=O) groups excluding carboxylic acids is 3. The van der Waals surface area contributed by atoms with Gasteiger partial charge >= 0.3 is 0 Å². The van der Waals surface area contributed by atoms with Crippen LogP contribution in [-0.4, -0.2) is 35.3 Å². The van der Waals surface area contributed by atoms with Crippen molar-refractivity contribution in [2.45, 2.75) is 18.9 Å². The number of carbonyl (C=O) groups is 3. The van der Waals surface area contributed by atoms with Crippen LogP contribution < -0.4 is 16.0 Å². The molecule has 4 N–H and O–H groups in total. The summed E-state index contributed by atoms with van der Waals surface area (Å²) in [5.74, 6) is -1.52. The van der Waals surface area contributed by atoms with Gasteiger partial charge in [-0.25, -0.2) is 4.39 Å². The molecule has 0 spiro atoms. The molecule has 0 unspecified atom stereocenters. The van der Waals surface area contributed by atoms with Gasteiger partial charge in [0.15, 0.2) is 0 Å². The van der Waals surface area contributed by atoms with Crippen LogP contribution >= 0.6 is 0 Å². The SMILES string of the molecule is O=C(C[C@H]1NC(=O)c2ccccc2NC1=O)NCCc1c[nH]c2ccc(F)cc12. The minimum absolute atomic E-state index is 0.173. The van der Waals surface area contributed by atoms with Crippen molar-refractivity contribution in [3.63, 3.8) is 0 Å². The lowest BCUT2D eigenvalue weighted by Gasteiger charge is -2.14. The van der Waals surface area contributed by atoms with Gasteiger partial charge in [0.1, 0.15) is 11.9 Å². The van der Waals surface area contributed by atoms with Crippen molar-refractivity contribution in [3.05, 3.63) is 65.6 Å². The standard InChI is InChI=1S/C21H19FN4O3/c22-13-5-6-16-15(9-13)12(11-24-16)7-8-23-19(27)10-18-21(29)25-17-4-2-1-3-14(17)20(28)26-18/h1-6,9,11,18,24H,7-8,10H2,(H,23,27)(H,25,29)(H,26,28)/t18-/m1/s1. The Morgan fingerprint density at radius 1 is 1.14 bits per heavy atom. The number of benzene rings is 2. The van der Waals surface area contributed by atoms with Crippen LogP contribution in [0.4, 0.5) is 10.1 Å². The van der Waals surface area contributed by atoms with Crippen molar-refractivity contribution in [1.82, 2.24) is 15.6 Å². The second kappa shape index (κ2) is 7.75. The van der Waals surface area contributed by atoms with Gasteiger partial charge in [0.25, 0.3) is 5.91 Å². The summed E-state index contributed by atoms with van der Waals surface area (Å²) in [6, 6.07) is 10.2. The first-order chi connectivity index (χ1) is 14.0. The summed E-state index contributed by atoms with van der Waals surface area (Å²) in [7, 11) is 0. The maximum atomic E-state index is 13.4. The van der Waals surface area contributed by atoms with E-state index in [9.17, 15) is 18.8 Å². The zero-order valence-electron chi connectivity index (χ0n) is 15.4. The molecule has 0 fully saturated rings. The quantitative estimate of drug-likeness (QED) is 0.533. The van der Waals surface area contributed by atoms with E-state index in [1.165, 1.54) is 12.1 Å². The second-order valence-electron chi connectivity index (χ2n) is 6.87. The van der Waals surface area contributed by atoms with E-state index in [0.29, 0.717) is 24.2 Å². The van der Waals surface area contributed by atoms with Gasteiger partial charge in [-0.15, -0.1) is 0 Å². The largest absolute Gasteiger partial charge is 0.361 e. The average Bonchev–Trinajstić information content (AvgIpc) is 3.04. The lowest BCUT2D eigenvalue weighted by atomic mass is 10.1. The van der Waals surface area contributed by atoms with E-state index in [4.69, 9.17) is 0 Å². The first-order valence-electron chi connectivity index (χ1n) is 9.24. The van der Waals surface area contributed by atoms with Crippen molar-refractivity contribution in [2.75, 3.05) is 11.9 Å². The number of hydrogen-bond donors (Lipinski definition) is 4. The van der Waals surface area contributed by atoms with Gasteiger partial charge < -0.3 is 20.9 Å². The number of aromatic nitrogens is 1. The molecule has 0 bridgehead atoms. The van der Waals surface area contributed by atoms with E-state index in [-0.39, 0.29) is 18.1 Å². The second-order valence-corrected chi connectivity index (χ2v) is 6.87. The van der Waals surface area contributed by atoms with Crippen molar-refractivity contribution < 1.29 is 18.8 Å². The Kier molecular flexibility index (Phi) is 4.99. The molecule has 2 aromatic carbocycles. The van der Waals surface area contributed by atoms with E-state index in [2.05, 4.69) is 20.9 Å². The summed E-state index contributed by atoms with van der Waals surface area (Å²) in [5.41, 5.74) is 2.49. The predicted octanol–water partition coefficient (Wildman–Crippen LogP) is 2.11. The zero-order valence-corrected chi connectivity index (χ0v) is 15.4. The molecule has 0 aliphatic carbocycles. The van der Waals surface area contributed by atoms with Crippen LogP contribution in [0.1, 0.15) is 22.3 Å². The van der Waals surface area contributed by atoms with Crippen LogP contribution in [0.25, 0.3) is 10.9 Å². The fraction of sp³-hybridized carbons (Fsp3) is 0.190. The van der Waals surface area contributed by atoms with Crippen LogP contribution in [0.5, 0.6) is 0 Å². The Balaban J connectivity index is 1.34. The van der Waals surface area contributed by atoms with Gasteiger partial charge in [-0.1, -0.05) is 12.1 Å². The molecule has 3 amide bonds. The number of fused-ring (bicyclic) bond motifs is 2. The van der Waals surface area contributed by atoms with Crippen molar-refractivity contribution >= 4 is 34.3 Å². The third-order valence-corrected chi connectivity index (χ3v) is 4.89. The molecular formula is C21H19FN4O3. The van der Waals surface area contributed by atoms with Gasteiger partial charge in [0.05, 0.1) is 17.7 Å². The van der Waals surface area contributed by atoms with Crippen molar-refractivity contribution in [3.8, 4) is 0 Å². The van der Waals surface area contributed by atoms with Crippen LogP contribution in [0.3, 0.4) is 0 Å².